The Bertz CT molecular complexity index is 1330. The fraction of sp³-hybridized carbons (Fsp3) is 0.360. The summed E-state index contributed by atoms with van der Waals surface area (Å²) in [6.07, 6.45) is -8.63. The molecule has 3 amide bonds. The van der Waals surface area contributed by atoms with Crippen LogP contribution < -0.4 is 20.9 Å². The second-order valence-electron chi connectivity index (χ2n) is 8.70. The minimum absolute atomic E-state index is 0.0477. The van der Waals surface area contributed by atoms with Gasteiger partial charge in [-0.25, -0.2) is 0 Å². The summed E-state index contributed by atoms with van der Waals surface area (Å²) in [6, 6.07) is 9.68. The molecule has 2 heterocycles. The minimum atomic E-state index is -4.91. The molecule has 2 aliphatic rings. The SMILES string of the molecule is N#Cc1c(CN)cc(NC(=O)C(O)C2OCCN(c3cccc(N4CCOCC4=O)c3)C2=O)cc1C(F)(F)F. The number of carbonyl (C=O) groups is 3. The predicted octanol–water partition coefficient (Wildman–Crippen LogP) is 1.13. The third kappa shape index (κ3) is 5.86. The summed E-state index contributed by atoms with van der Waals surface area (Å²) in [7, 11) is 0. The van der Waals surface area contributed by atoms with E-state index in [1.165, 1.54) is 15.9 Å². The molecule has 2 saturated heterocycles. The zero-order valence-electron chi connectivity index (χ0n) is 20.4. The van der Waals surface area contributed by atoms with Gasteiger partial charge in [0.1, 0.15) is 12.7 Å². The van der Waals surface area contributed by atoms with Gasteiger partial charge in [0.15, 0.2) is 12.2 Å². The van der Waals surface area contributed by atoms with Gasteiger partial charge < -0.3 is 35.4 Å². The molecule has 4 rings (SSSR count). The van der Waals surface area contributed by atoms with E-state index in [0.717, 1.165) is 6.07 Å². The molecule has 2 atom stereocenters. The number of nitrogens with one attached hydrogen (secondary N) is 1. The van der Waals surface area contributed by atoms with Crippen LogP contribution in [0.4, 0.5) is 30.2 Å². The fourth-order valence-corrected chi connectivity index (χ4v) is 4.35. The highest BCUT2D eigenvalue weighted by Crippen LogP contribution is 2.35. The molecule has 14 heteroatoms. The molecule has 2 aromatic carbocycles. The van der Waals surface area contributed by atoms with Crippen molar-refractivity contribution >= 4 is 34.8 Å². The molecule has 0 spiro atoms. The van der Waals surface area contributed by atoms with E-state index >= 15 is 0 Å². The summed E-state index contributed by atoms with van der Waals surface area (Å²) < 4.78 is 51.0. The van der Waals surface area contributed by atoms with Crippen LogP contribution in [0.3, 0.4) is 0 Å². The first kappa shape index (κ1) is 28.0. The number of nitrogens with zero attached hydrogens (tertiary/aromatic N) is 3. The number of amides is 3. The Labute approximate surface area is 220 Å². The average Bonchev–Trinajstić information content (AvgIpc) is 2.92. The molecule has 2 aliphatic heterocycles. The number of morpholine rings is 2. The quantitative estimate of drug-likeness (QED) is 0.486. The number of alkyl halides is 3. The molecular formula is C25H24F3N5O6. The van der Waals surface area contributed by atoms with Gasteiger partial charge in [-0.15, -0.1) is 0 Å². The highest BCUT2D eigenvalue weighted by atomic mass is 19.4. The van der Waals surface area contributed by atoms with Gasteiger partial charge in [-0.3, -0.25) is 14.4 Å². The summed E-state index contributed by atoms with van der Waals surface area (Å²) in [4.78, 5) is 41.0. The summed E-state index contributed by atoms with van der Waals surface area (Å²) in [6.45, 7) is 0.250. The maximum Gasteiger partial charge on any atom is 0.417 e. The molecule has 206 valence electrons. The van der Waals surface area contributed by atoms with Crippen molar-refractivity contribution in [1.29, 1.82) is 5.26 Å². The molecule has 0 aliphatic carbocycles. The van der Waals surface area contributed by atoms with E-state index in [-0.39, 0.29) is 36.9 Å². The second-order valence-corrected chi connectivity index (χ2v) is 8.70. The lowest BCUT2D eigenvalue weighted by Crippen LogP contribution is -2.55. The molecule has 11 nitrogen and oxygen atoms in total. The molecule has 0 bridgehead atoms. The Morgan fingerprint density at radius 3 is 2.51 bits per heavy atom. The number of carbonyl (C=O) groups excluding carboxylic acids is 3. The third-order valence-electron chi connectivity index (χ3n) is 6.24. The molecular weight excluding hydrogens is 523 g/mol. The Morgan fingerprint density at radius 2 is 1.87 bits per heavy atom. The topological polar surface area (TPSA) is 158 Å². The van der Waals surface area contributed by atoms with Crippen molar-refractivity contribution in [3.8, 4) is 6.07 Å². The number of aliphatic hydroxyl groups excluding tert-OH is 1. The second kappa shape index (κ2) is 11.4. The lowest BCUT2D eigenvalue weighted by Gasteiger charge is -2.35. The highest BCUT2D eigenvalue weighted by molar-refractivity contribution is 6.04. The molecule has 2 aromatic rings. The van der Waals surface area contributed by atoms with E-state index in [0.29, 0.717) is 30.6 Å². The van der Waals surface area contributed by atoms with Crippen LogP contribution >= 0.6 is 0 Å². The first-order chi connectivity index (χ1) is 18.5. The third-order valence-corrected chi connectivity index (χ3v) is 6.24. The van der Waals surface area contributed by atoms with Gasteiger partial charge in [0, 0.05) is 36.7 Å². The number of hydrogen-bond acceptors (Lipinski definition) is 8. The van der Waals surface area contributed by atoms with Gasteiger partial charge >= 0.3 is 6.18 Å². The first-order valence-corrected chi connectivity index (χ1v) is 11.8. The molecule has 39 heavy (non-hydrogen) atoms. The van der Waals surface area contributed by atoms with Crippen molar-refractivity contribution in [2.75, 3.05) is 48.0 Å². The number of nitriles is 1. The van der Waals surface area contributed by atoms with E-state index in [1.807, 2.05) is 0 Å². The van der Waals surface area contributed by atoms with Crippen LogP contribution in [0.25, 0.3) is 0 Å². The van der Waals surface area contributed by atoms with E-state index in [2.05, 4.69) is 5.32 Å². The summed E-state index contributed by atoms with van der Waals surface area (Å²) in [5, 5.41) is 21.9. The number of nitrogens with two attached hydrogens (primary N) is 1. The number of anilines is 3. The van der Waals surface area contributed by atoms with Crippen molar-refractivity contribution in [2.24, 2.45) is 5.73 Å². The predicted molar refractivity (Wildman–Crippen MR) is 130 cm³/mol. The number of hydrogen-bond donors (Lipinski definition) is 3. The van der Waals surface area contributed by atoms with E-state index in [1.54, 1.807) is 24.3 Å². The van der Waals surface area contributed by atoms with Crippen molar-refractivity contribution < 1.29 is 42.1 Å². The van der Waals surface area contributed by atoms with E-state index in [4.69, 9.17) is 20.5 Å². The van der Waals surface area contributed by atoms with Crippen LogP contribution in [-0.4, -0.2) is 67.9 Å². The van der Waals surface area contributed by atoms with Gasteiger partial charge in [-0.2, -0.15) is 18.4 Å². The Balaban J connectivity index is 1.53. The lowest BCUT2D eigenvalue weighted by atomic mass is 10.00. The van der Waals surface area contributed by atoms with Crippen molar-refractivity contribution in [2.45, 2.75) is 24.9 Å². The summed E-state index contributed by atoms with van der Waals surface area (Å²) in [5.74, 6) is -2.19. The number of rotatable bonds is 6. The molecule has 0 radical (unpaired) electrons. The highest BCUT2D eigenvalue weighted by Gasteiger charge is 2.40. The van der Waals surface area contributed by atoms with Crippen LogP contribution in [0.15, 0.2) is 36.4 Å². The fourth-order valence-electron chi connectivity index (χ4n) is 4.35. The number of halogens is 3. The maximum atomic E-state index is 13.5. The standard InChI is InChI=1S/C25H24F3N5O6/c26-25(27,28)19-9-15(8-14(11-29)18(19)12-30)31-23(36)21(35)22-24(37)33(5-7-39-22)17-3-1-2-16(10-17)32-4-6-38-13-20(32)34/h1-3,8-10,21-22,35H,4-7,11,13,29H2,(H,31,36). The average molecular weight is 547 g/mol. The van der Waals surface area contributed by atoms with E-state index in [9.17, 15) is 32.7 Å². The zero-order valence-corrected chi connectivity index (χ0v) is 20.4. The van der Waals surface area contributed by atoms with Crippen molar-refractivity contribution in [3.63, 3.8) is 0 Å². The summed E-state index contributed by atoms with van der Waals surface area (Å²) in [5.41, 5.74) is 3.92. The van der Waals surface area contributed by atoms with Gasteiger partial charge in [0.05, 0.1) is 24.3 Å². The molecule has 2 fully saturated rings. The van der Waals surface area contributed by atoms with Crippen molar-refractivity contribution in [1.82, 2.24) is 0 Å². The molecule has 2 unspecified atom stereocenters. The van der Waals surface area contributed by atoms with Crippen molar-refractivity contribution in [3.05, 3.63) is 53.1 Å². The summed E-state index contributed by atoms with van der Waals surface area (Å²) >= 11 is 0. The lowest BCUT2D eigenvalue weighted by molar-refractivity contribution is -0.150. The first-order valence-electron chi connectivity index (χ1n) is 11.8. The number of benzene rings is 2. The van der Waals surface area contributed by atoms with Gasteiger partial charge in [0.2, 0.25) is 0 Å². The molecule has 0 saturated carbocycles. The monoisotopic (exact) mass is 547 g/mol. The van der Waals surface area contributed by atoms with Gasteiger partial charge in [-0.05, 0) is 35.9 Å². The smallest absolute Gasteiger partial charge is 0.380 e. The normalized spacial score (nSPS) is 19.0. The minimum Gasteiger partial charge on any atom is -0.380 e. The van der Waals surface area contributed by atoms with Crippen LogP contribution in [0, 0.1) is 11.3 Å². The van der Waals surface area contributed by atoms with Crippen LogP contribution in [0.1, 0.15) is 16.7 Å². The van der Waals surface area contributed by atoms with Crippen LogP contribution in [0.5, 0.6) is 0 Å². The largest absolute Gasteiger partial charge is 0.417 e. The van der Waals surface area contributed by atoms with Gasteiger partial charge in [-0.1, -0.05) is 6.07 Å². The Morgan fingerprint density at radius 1 is 1.18 bits per heavy atom. The molecule has 0 aromatic heterocycles. The van der Waals surface area contributed by atoms with Crippen LogP contribution in [-0.2, 0) is 36.6 Å². The van der Waals surface area contributed by atoms with Gasteiger partial charge in [0.25, 0.3) is 17.7 Å². The Hall–Kier alpha value is -4.03. The Kier molecular flexibility index (Phi) is 8.17. The zero-order chi connectivity index (χ0) is 28.3. The number of aliphatic hydroxyl groups is 1. The van der Waals surface area contributed by atoms with Crippen LogP contribution in [0.2, 0.25) is 0 Å². The number of ether oxygens (including phenoxy) is 2. The van der Waals surface area contributed by atoms with E-state index < -0.39 is 47.9 Å². The maximum absolute atomic E-state index is 13.5. The molecule has 4 N–H and O–H groups in total.